The van der Waals surface area contributed by atoms with E-state index in [0.29, 0.717) is 23.2 Å². The summed E-state index contributed by atoms with van der Waals surface area (Å²) in [4.78, 5) is 34.0. The Labute approximate surface area is 165 Å². The number of hydrogen-bond acceptors (Lipinski definition) is 9. The highest BCUT2D eigenvalue weighted by Gasteiger charge is 2.46. The fourth-order valence-electron chi connectivity index (χ4n) is 3.76. The molecule has 0 amide bonds. The first-order chi connectivity index (χ1) is 13.2. The number of esters is 1. The summed E-state index contributed by atoms with van der Waals surface area (Å²) in [5, 5.41) is 13.3. The second kappa shape index (κ2) is 6.78. The van der Waals surface area contributed by atoms with Crippen molar-refractivity contribution in [2.24, 2.45) is 5.92 Å². The van der Waals surface area contributed by atoms with Gasteiger partial charge in [-0.3, -0.25) is 9.36 Å². The molecule has 2 N–H and O–H groups in total. The van der Waals surface area contributed by atoms with Gasteiger partial charge in [0.2, 0.25) is 5.95 Å². The SMILES string of the molecule is CC[C@H](O)[C@@H]1C[C@@H]2[C@@H](O1)n1c(=O)sc3cnc(nc31)NC(C)(C)C(=O)O[C@@H]2C. The van der Waals surface area contributed by atoms with Crippen LogP contribution in [0.4, 0.5) is 5.95 Å². The Morgan fingerprint density at radius 3 is 2.93 bits per heavy atom. The summed E-state index contributed by atoms with van der Waals surface area (Å²) in [5.41, 5.74) is -0.600. The van der Waals surface area contributed by atoms with E-state index in [-0.39, 0.29) is 16.7 Å². The number of ether oxygens (including phenoxy) is 2. The maximum Gasteiger partial charge on any atom is 0.331 e. The number of nitrogens with one attached hydrogen (secondary N) is 1. The van der Waals surface area contributed by atoms with E-state index in [1.54, 1.807) is 27.0 Å². The zero-order valence-electron chi connectivity index (χ0n) is 16.2. The first kappa shape index (κ1) is 19.3. The lowest BCUT2D eigenvalue weighted by molar-refractivity contribution is -0.157. The van der Waals surface area contributed by atoms with Crippen LogP contribution in [0.2, 0.25) is 0 Å². The topological polar surface area (TPSA) is 116 Å². The Hall–Kier alpha value is -2.04. The van der Waals surface area contributed by atoms with Crippen LogP contribution in [-0.2, 0) is 14.3 Å². The summed E-state index contributed by atoms with van der Waals surface area (Å²) in [7, 11) is 0. The van der Waals surface area contributed by atoms with E-state index in [9.17, 15) is 14.7 Å². The average Bonchev–Trinajstić information content (AvgIpc) is 3.20. The summed E-state index contributed by atoms with van der Waals surface area (Å²) in [5.74, 6) is -0.508. The van der Waals surface area contributed by atoms with E-state index in [0.717, 1.165) is 11.3 Å². The third kappa shape index (κ3) is 3.09. The van der Waals surface area contributed by atoms with Crippen LogP contribution in [0.5, 0.6) is 0 Å². The van der Waals surface area contributed by atoms with Crippen molar-refractivity contribution in [3.05, 3.63) is 15.9 Å². The highest BCUT2D eigenvalue weighted by atomic mass is 32.1. The quantitative estimate of drug-likeness (QED) is 0.721. The first-order valence-electron chi connectivity index (χ1n) is 9.42. The summed E-state index contributed by atoms with van der Waals surface area (Å²) >= 11 is 1.04. The number of carbonyl (C=O) groups excluding carboxylic acids is 1. The molecule has 2 aliphatic heterocycles. The van der Waals surface area contributed by atoms with Crippen molar-refractivity contribution in [1.82, 2.24) is 14.5 Å². The van der Waals surface area contributed by atoms with Crippen LogP contribution in [0, 0.1) is 5.92 Å². The number of hydrogen-bond donors (Lipinski definition) is 2. The zero-order chi connectivity index (χ0) is 20.2. The number of carbonyl (C=O) groups is 1. The van der Waals surface area contributed by atoms with Crippen LogP contribution >= 0.6 is 11.3 Å². The third-order valence-corrected chi connectivity index (χ3v) is 6.36. The van der Waals surface area contributed by atoms with Gasteiger partial charge in [0.25, 0.3) is 0 Å². The molecular formula is C18H24N4O5S. The lowest BCUT2D eigenvalue weighted by Gasteiger charge is -2.29. The van der Waals surface area contributed by atoms with Gasteiger partial charge in [0, 0.05) is 5.92 Å². The second-order valence-electron chi connectivity index (χ2n) is 7.92. The fourth-order valence-corrected chi connectivity index (χ4v) is 4.58. The summed E-state index contributed by atoms with van der Waals surface area (Å²) < 4.78 is 14.0. The van der Waals surface area contributed by atoms with E-state index < -0.39 is 36.0 Å². The van der Waals surface area contributed by atoms with Gasteiger partial charge in [-0.2, -0.15) is 4.98 Å². The second-order valence-corrected chi connectivity index (χ2v) is 8.91. The van der Waals surface area contributed by atoms with Gasteiger partial charge in [-0.1, -0.05) is 18.3 Å². The molecule has 4 heterocycles. The Morgan fingerprint density at radius 2 is 2.21 bits per heavy atom. The zero-order valence-corrected chi connectivity index (χ0v) is 17.0. The van der Waals surface area contributed by atoms with E-state index in [2.05, 4.69) is 15.3 Å². The van der Waals surface area contributed by atoms with Crippen molar-refractivity contribution >= 4 is 33.6 Å². The van der Waals surface area contributed by atoms with Crippen LogP contribution in [0.25, 0.3) is 10.3 Å². The van der Waals surface area contributed by atoms with Crippen molar-refractivity contribution < 1.29 is 19.4 Å². The van der Waals surface area contributed by atoms with Gasteiger partial charge in [-0.25, -0.2) is 9.78 Å². The minimum atomic E-state index is -1.05. The number of nitrogens with zero attached hydrogens (tertiary/aromatic N) is 3. The first-order valence-corrected chi connectivity index (χ1v) is 10.2. The Morgan fingerprint density at radius 1 is 1.46 bits per heavy atom. The molecule has 152 valence electrons. The van der Waals surface area contributed by atoms with Crippen molar-refractivity contribution in [2.45, 2.75) is 70.6 Å². The molecule has 2 aromatic heterocycles. The Balaban J connectivity index is 1.89. The maximum atomic E-state index is 12.8. The average molecular weight is 408 g/mol. The maximum absolute atomic E-state index is 12.8. The third-order valence-electron chi connectivity index (χ3n) is 5.48. The van der Waals surface area contributed by atoms with Crippen LogP contribution in [0.1, 0.15) is 46.8 Å². The van der Waals surface area contributed by atoms with Crippen molar-refractivity contribution in [3.8, 4) is 0 Å². The van der Waals surface area contributed by atoms with Gasteiger partial charge in [0.05, 0.1) is 23.1 Å². The molecule has 10 heteroatoms. The molecule has 0 radical (unpaired) electrons. The van der Waals surface area contributed by atoms with Gasteiger partial charge in [-0.05, 0) is 33.6 Å². The highest BCUT2D eigenvalue weighted by Crippen LogP contribution is 2.41. The van der Waals surface area contributed by atoms with E-state index >= 15 is 0 Å². The van der Waals surface area contributed by atoms with E-state index in [4.69, 9.17) is 9.47 Å². The van der Waals surface area contributed by atoms with Crippen molar-refractivity contribution in [1.29, 1.82) is 0 Å². The van der Waals surface area contributed by atoms with E-state index in [1.165, 1.54) is 4.57 Å². The number of aliphatic hydroxyl groups excluding tert-OH is 1. The van der Waals surface area contributed by atoms with Gasteiger partial charge < -0.3 is 19.9 Å². The number of fused-ring (bicyclic) bond motifs is 3. The number of cyclic esters (lactones) is 1. The molecule has 2 aromatic rings. The summed E-state index contributed by atoms with van der Waals surface area (Å²) in [6, 6.07) is 0. The van der Waals surface area contributed by atoms with Gasteiger partial charge in [-0.15, -0.1) is 0 Å². The monoisotopic (exact) mass is 408 g/mol. The van der Waals surface area contributed by atoms with Crippen LogP contribution in [0.3, 0.4) is 0 Å². The minimum absolute atomic E-state index is 0.222. The van der Waals surface area contributed by atoms with Crippen LogP contribution < -0.4 is 10.2 Å². The van der Waals surface area contributed by atoms with E-state index in [1.807, 2.05) is 6.92 Å². The Kier molecular flexibility index (Phi) is 4.67. The molecule has 28 heavy (non-hydrogen) atoms. The number of thiazole rings is 1. The molecule has 2 bridgehead atoms. The molecule has 0 aliphatic carbocycles. The molecule has 2 aliphatic rings. The predicted molar refractivity (Wildman–Crippen MR) is 103 cm³/mol. The predicted octanol–water partition coefficient (Wildman–Crippen LogP) is 1.66. The molecule has 9 nitrogen and oxygen atoms in total. The lowest BCUT2D eigenvalue weighted by atomic mass is 9.94. The van der Waals surface area contributed by atoms with Crippen LogP contribution in [-0.4, -0.2) is 49.5 Å². The molecule has 5 atom stereocenters. The van der Waals surface area contributed by atoms with Gasteiger partial charge in [0.15, 0.2) is 5.65 Å². The van der Waals surface area contributed by atoms with Gasteiger partial charge >= 0.3 is 10.8 Å². The number of aliphatic hydroxyl groups is 1. The smallest absolute Gasteiger partial charge is 0.331 e. The van der Waals surface area contributed by atoms with Crippen molar-refractivity contribution in [2.75, 3.05) is 5.32 Å². The van der Waals surface area contributed by atoms with Crippen molar-refractivity contribution in [3.63, 3.8) is 0 Å². The molecule has 0 spiro atoms. The number of anilines is 1. The largest absolute Gasteiger partial charge is 0.460 e. The van der Waals surface area contributed by atoms with Crippen LogP contribution in [0.15, 0.2) is 11.0 Å². The lowest BCUT2D eigenvalue weighted by Crippen LogP contribution is -2.44. The number of rotatable bonds is 2. The molecule has 0 aromatic carbocycles. The molecule has 4 rings (SSSR count). The summed E-state index contributed by atoms with van der Waals surface area (Å²) in [6.07, 6.45) is 0.270. The molecular weight excluding hydrogens is 384 g/mol. The standard InChI is InChI=1S/C18H24N4O5S/c1-5-10(23)11-6-9-8(2)26-15(24)18(3,4)21-16-19-7-12-13(20-16)22(14(9)27-11)17(25)28-12/h7-11,14,23H,5-6H2,1-4H3,(H,19,20,21)/t8-,9+,10+,11+,14-/m1/s1. The fraction of sp³-hybridized carbons (Fsp3) is 0.667. The Bertz CT molecular complexity index is 971. The molecule has 1 fully saturated rings. The molecule has 1 saturated heterocycles. The van der Waals surface area contributed by atoms with Gasteiger partial charge in [0.1, 0.15) is 17.9 Å². The molecule has 0 unspecified atom stereocenters. The summed E-state index contributed by atoms with van der Waals surface area (Å²) in [6.45, 7) is 7.06. The minimum Gasteiger partial charge on any atom is -0.460 e. The molecule has 0 saturated carbocycles. The number of aromatic nitrogens is 3. The highest BCUT2D eigenvalue weighted by molar-refractivity contribution is 7.16. The normalized spacial score (nSPS) is 30.4.